The van der Waals surface area contributed by atoms with Crippen molar-refractivity contribution < 1.29 is 19.8 Å². The van der Waals surface area contributed by atoms with Gasteiger partial charge in [-0.3, -0.25) is 9.59 Å². The van der Waals surface area contributed by atoms with Crippen molar-refractivity contribution in [2.45, 2.75) is 5.79 Å². The summed E-state index contributed by atoms with van der Waals surface area (Å²) in [4.78, 5) is 23.3. The summed E-state index contributed by atoms with van der Waals surface area (Å²) in [6.45, 7) is 0. The number of hydrogen-bond donors (Lipinski definition) is 2. The van der Waals surface area contributed by atoms with Crippen LogP contribution in [0.4, 0.5) is 0 Å². The van der Waals surface area contributed by atoms with E-state index in [1.165, 1.54) is 12.1 Å². The standard InChI is InChI=1S/C13H8O4/c14-11-9-5-7-3-1-2-4-8(7)6-10(9)12(15)13(11,16)17/h1-6,16-17H. The van der Waals surface area contributed by atoms with Gasteiger partial charge in [0, 0.05) is 11.1 Å². The molecule has 1 aliphatic carbocycles. The van der Waals surface area contributed by atoms with E-state index >= 15 is 0 Å². The van der Waals surface area contributed by atoms with Gasteiger partial charge in [0.15, 0.2) is 0 Å². The second-order valence-electron chi connectivity index (χ2n) is 4.08. The molecule has 0 spiro atoms. The highest BCUT2D eigenvalue weighted by molar-refractivity contribution is 6.31. The zero-order chi connectivity index (χ0) is 12.2. The molecule has 0 radical (unpaired) electrons. The van der Waals surface area contributed by atoms with Gasteiger partial charge >= 0.3 is 0 Å². The highest BCUT2D eigenvalue weighted by Crippen LogP contribution is 2.31. The molecule has 84 valence electrons. The van der Waals surface area contributed by atoms with Crippen molar-refractivity contribution in [3.05, 3.63) is 47.5 Å². The monoisotopic (exact) mass is 228 g/mol. The van der Waals surface area contributed by atoms with E-state index in [1.807, 2.05) is 0 Å². The Labute approximate surface area is 96.1 Å². The Kier molecular flexibility index (Phi) is 1.79. The number of aliphatic hydroxyl groups is 2. The summed E-state index contributed by atoms with van der Waals surface area (Å²) in [6, 6.07) is 10.2. The molecular weight excluding hydrogens is 220 g/mol. The van der Waals surface area contributed by atoms with Crippen LogP contribution in [0.2, 0.25) is 0 Å². The fraction of sp³-hybridized carbons (Fsp3) is 0.0769. The fourth-order valence-electron chi connectivity index (χ4n) is 2.09. The quantitative estimate of drug-likeness (QED) is 0.519. The maximum absolute atomic E-state index is 11.7. The number of rotatable bonds is 0. The van der Waals surface area contributed by atoms with Crippen LogP contribution in [0, 0.1) is 0 Å². The summed E-state index contributed by atoms with van der Waals surface area (Å²) in [6.07, 6.45) is 0. The normalized spacial score (nSPS) is 17.5. The number of hydrogen-bond acceptors (Lipinski definition) is 4. The number of carbonyl (C=O) groups is 2. The molecule has 0 saturated heterocycles. The van der Waals surface area contributed by atoms with Crippen LogP contribution in [0.25, 0.3) is 10.8 Å². The third-order valence-electron chi connectivity index (χ3n) is 3.01. The van der Waals surface area contributed by atoms with Gasteiger partial charge in [-0.25, -0.2) is 0 Å². The van der Waals surface area contributed by atoms with Crippen LogP contribution in [0.1, 0.15) is 20.7 Å². The maximum Gasteiger partial charge on any atom is 0.295 e. The van der Waals surface area contributed by atoms with E-state index < -0.39 is 17.4 Å². The molecule has 0 fully saturated rings. The minimum absolute atomic E-state index is 0.0682. The lowest BCUT2D eigenvalue weighted by Crippen LogP contribution is -2.40. The summed E-state index contributed by atoms with van der Waals surface area (Å²) in [7, 11) is 0. The van der Waals surface area contributed by atoms with Crippen molar-refractivity contribution in [1.82, 2.24) is 0 Å². The molecule has 0 unspecified atom stereocenters. The van der Waals surface area contributed by atoms with Crippen molar-refractivity contribution in [3.8, 4) is 0 Å². The molecule has 3 rings (SSSR count). The average Bonchev–Trinajstić information content (AvgIpc) is 2.49. The molecule has 4 nitrogen and oxygen atoms in total. The van der Waals surface area contributed by atoms with E-state index in [0.717, 1.165) is 10.8 Å². The maximum atomic E-state index is 11.7. The Morgan fingerprint density at radius 1 is 0.824 bits per heavy atom. The first kappa shape index (κ1) is 10.1. The van der Waals surface area contributed by atoms with Gasteiger partial charge in [0.2, 0.25) is 11.6 Å². The summed E-state index contributed by atoms with van der Waals surface area (Å²) in [5.74, 6) is -4.81. The van der Waals surface area contributed by atoms with Gasteiger partial charge in [0.1, 0.15) is 0 Å². The first-order chi connectivity index (χ1) is 8.01. The highest BCUT2D eigenvalue weighted by Gasteiger charge is 2.50. The van der Waals surface area contributed by atoms with E-state index in [-0.39, 0.29) is 11.1 Å². The van der Waals surface area contributed by atoms with Gasteiger partial charge in [-0.2, -0.15) is 0 Å². The molecule has 0 amide bonds. The fourth-order valence-corrected chi connectivity index (χ4v) is 2.09. The van der Waals surface area contributed by atoms with Gasteiger partial charge in [-0.15, -0.1) is 0 Å². The van der Waals surface area contributed by atoms with E-state index in [4.69, 9.17) is 0 Å². The zero-order valence-electron chi connectivity index (χ0n) is 8.68. The molecule has 0 aliphatic heterocycles. The van der Waals surface area contributed by atoms with Gasteiger partial charge in [-0.1, -0.05) is 24.3 Å². The van der Waals surface area contributed by atoms with Crippen LogP contribution in [-0.4, -0.2) is 27.6 Å². The Morgan fingerprint density at radius 2 is 1.24 bits per heavy atom. The Hall–Kier alpha value is -2.04. The molecule has 1 aliphatic rings. The van der Waals surface area contributed by atoms with E-state index in [0.29, 0.717) is 0 Å². The van der Waals surface area contributed by atoms with Crippen molar-refractivity contribution in [3.63, 3.8) is 0 Å². The summed E-state index contributed by atoms with van der Waals surface area (Å²) < 4.78 is 0. The summed E-state index contributed by atoms with van der Waals surface area (Å²) in [5.41, 5.74) is 0.136. The number of carbonyl (C=O) groups excluding carboxylic acids is 2. The van der Waals surface area contributed by atoms with Crippen molar-refractivity contribution in [1.29, 1.82) is 0 Å². The SMILES string of the molecule is O=C1c2cc3ccccc3cc2C(=O)C1(O)O. The van der Waals surface area contributed by atoms with Crippen LogP contribution >= 0.6 is 0 Å². The number of ketones is 2. The number of benzene rings is 2. The van der Waals surface area contributed by atoms with E-state index in [9.17, 15) is 19.8 Å². The Bertz CT molecular complexity index is 614. The van der Waals surface area contributed by atoms with Crippen LogP contribution in [0.5, 0.6) is 0 Å². The van der Waals surface area contributed by atoms with Crippen molar-refractivity contribution in [2.75, 3.05) is 0 Å². The lowest BCUT2D eigenvalue weighted by atomic mass is 10.0. The molecule has 4 heteroatoms. The third-order valence-corrected chi connectivity index (χ3v) is 3.01. The molecule has 0 aromatic heterocycles. The second-order valence-corrected chi connectivity index (χ2v) is 4.08. The second kappa shape index (κ2) is 3.00. The molecule has 2 aromatic carbocycles. The van der Waals surface area contributed by atoms with Gasteiger partial charge in [-0.05, 0) is 22.9 Å². The van der Waals surface area contributed by atoms with Crippen molar-refractivity contribution >= 4 is 22.3 Å². The Morgan fingerprint density at radius 3 is 1.65 bits per heavy atom. The predicted octanol–water partition coefficient (Wildman–Crippen LogP) is 0.900. The average molecular weight is 228 g/mol. The lowest BCUT2D eigenvalue weighted by Gasteiger charge is -2.08. The molecule has 2 N–H and O–H groups in total. The number of Topliss-reactive ketones (excluding diaryl/α,β-unsaturated/α-hetero) is 2. The third kappa shape index (κ3) is 1.19. The molecular formula is C13H8O4. The molecule has 0 heterocycles. The first-order valence-electron chi connectivity index (χ1n) is 5.09. The van der Waals surface area contributed by atoms with Crippen LogP contribution < -0.4 is 0 Å². The Balaban J connectivity index is 2.38. The van der Waals surface area contributed by atoms with Gasteiger partial charge in [0.25, 0.3) is 5.79 Å². The molecule has 0 saturated carbocycles. The number of fused-ring (bicyclic) bond motifs is 2. The predicted molar refractivity (Wildman–Crippen MR) is 59.8 cm³/mol. The molecule has 0 bridgehead atoms. The van der Waals surface area contributed by atoms with Crippen LogP contribution in [-0.2, 0) is 0 Å². The smallest absolute Gasteiger partial charge is 0.295 e. The summed E-state index contributed by atoms with van der Waals surface area (Å²) in [5, 5.41) is 20.4. The largest absolute Gasteiger partial charge is 0.353 e. The van der Waals surface area contributed by atoms with Gasteiger partial charge in [0.05, 0.1) is 0 Å². The topological polar surface area (TPSA) is 74.6 Å². The van der Waals surface area contributed by atoms with Crippen LogP contribution in [0.15, 0.2) is 36.4 Å². The van der Waals surface area contributed by atoms with E-state index in [1.54, 1.807) is 24.3 Å². The molecule has 2 aromatic rings. The zero-order valence-corrected chi connectivity index (χ0v) is 8.68. The minimum Gasteiger partial charge on any atom is -0.353 e. The minimum atomic E-state index is -2.90. The first-order valence-corrected chi connectivity index (χ1v) is 5.09. The molecule has 0 atom stereocenters. The van der Waals surface area contributed by atoms with Crippen molar-refractivity contribution in [2.24, 2.45) is 0 Å². The van der Waals surface area contributed by atoms with E-state index in [2.05, 4.69) is 0 Å². The van der Waals surface area contributed by atoms with Gasteiger partial charge < -0.3 is 10.2 Å². The molecule has 17 heavy (non-hydrogen) atoms. The summed E-state index contributed by atoms with van der Waals surface area (Å²) >= 11 is 0. The highest BCUT2D eigenvalue weighted by atomic mass is 16.5. The van der Waals surface area contributed by atoms with Crippen LogP contribution in [0.3, 0.4) is 0 Å². The lowest BCUT2D eigenvalue weighted by molar-refractivity contribution is -0.0857.